The highest BCUT2D eigenvalue weighted by atomic mass is 35.5. The number of ether oxygens (including phenoxy) is 3. The van der Waals surface area contributed by atoms with Crippen molar-refractivity contribution in [3.05, 3.63) is 22.7 Å². The van der Waals surface area contributed by atoms with E-state index in [4.69, 9.17) is 25.8 Å². The van der Waals surface area contributed by atoms with Crippen LogP contribution in [-0.2, 0) is 16.0 Å². The Hall–Kier alpha value is -1.50. The van der Waals surface area contributed by atoms with E-state index >= 15 is 0 Å². The Kier molecular flexibility index (Phi) is 7.82. The quantitative estimate of drug-likeness (QED) is 0.748. The molecular weight excluding hydrogens is 380 g/mol. The zero-order valence-electron chi connectivity index (χ0n) is 16.8. The van der Waals surface area contributed by atoms with Gasteiger partial charge in [0.15, 0.2) is 11.5 Å². The fourth-order valence-corrected chi connectivity index (χ4v) is 4.00. The lowest BCUT2D eigenvalue weighted by atomic mass is 10.0. The summed E-state index contributed by atoms with van der Waals surface area (Å²) in [5, 5.41) is 3.60. The standard InChI is InChI=1S/C21H31ClN2O4/c1-15(2)10-17(24-4-8-26-9-5-24)14-23-20(25)13-16-11-18(22)21-19(12-16)27-6-3-7-28-21/h11-12,15,17H,3-10,13-14H2,1-2H3,(H,23,25)/t17-/m0/s1. The van der Waals surface area contributed by atoms with E-state index in [-0.39, 0.29) is 12.3 Å². The van der Waals surface area contributed by atoms with Gasteiger partial charge in [0, 0.05) is 32.1 Å². The summed E-state index contributed by atoms with van der Waals surface area (Å²) in [6.45, 7) is 9.63. The van der Waals surface area contributed by atoms with Gasteiger partial charge >= 0.3 is 0 Å². The Labute approximate surface area is 172 Å². The molecule has 7 heteroatoms. The number of hydrogen-bond donors (Lipinski definition) is 1. The minimum atomic E-state index is -0.00688. The summed E-state index contributed by atoms with van der Waals surface area (Å²) in [6, 6.07) is 3.99. The average molecular weight is 411 g/mol. The van der Waals surface area contributed by atoms with Gasteiger partial charge in [-0.2, -0.15) is 0 Å². The molecule has 0 aliphatic carbocycles. The molecule has 28 heavy (non-hydrogen) atoms. The summed E-state index contributed by atoms with van der Waals surface area (Å²) in [4.78, 5) is 15.0. The molecule has 2 aliphatic rings. The van der Waals surface area contributed by atoms with E-state index in [0.717, 1.165) is 44.7 Å². The molecule has 2 aliphatic heterocycles. The molecule has 0 unspecified atom stereocenters. The van der Waals surface area contributed by atoms with Crippen LogP contribution in [-0.4, -0.2) is 62.9 Å². The number of benzene rings is 1. The summed E-state index contributed by atoms with van der Waals surface area (Å²) in [5.41, 5.74) is 0.832. The average Bonchev–Trinajstić information content (AvgIpc) is 2.91. The van der Waals surface area contributed by atoms with E-state index in [1.807, 2.05) is 6.07 Å². The Balaban J connectivity index is 1.58. The lowest BCUT2D eigenvalue weighted by Crippen LogP contribution is -2.49. The number of rotatable bonds is 7. The zero-order chi connectivity index (χ0) is 19.9. The summed E-state index contributed by atoms with van der Waals surface area (Å²) >= 11 is 6.33. The second-order valence-corrected chi connectivity index (χ2v) is 8.28. The lowest BCUT2D eigenvalue weighted by Gasteiger charge is -2.35. The molecule has 156 valence electrons. The number of carbonyl (C=O) groups is 1. The fourth-order valence-electron chi connectivity index (χ4n) is 3.71. The summed E-state index contributed by atoms with van der Waals surface area (Å²) in [7, 11) is 0. The zero-order valence-corrected chi connectivity index (χ0v) is 17.6. The van der Waals surface area contributed by atoms with Crippen LogP contribution in [0.1, 0.15) is 32.3 Å². The van der Waals surface area contributed by atoms with Gasteiger partial charge in [-0.05, 0) is 30.0 Å². The van der Waals surface area contributed by atoms with Crippen LogP contribution in [0.3, 0.4) is 0 Å². The summed E-state index contributed by atoms with van der Waals surface area (Å²) < 4.78 is 16.8. The third kappa shape index (κ3) is 6.00. The van der Waals surface area contributed by atoms with Crippen molar-refractivity contribution in [1.82, 2.24) is 10.2 Å². The molecular formula is C21H31ClN2O4. The Morgan fingerprint density at radius 1 is 1.18 bits per heavy atom. The number of amides is 1. The van der Waals surface area contributed by atoms with Crippen molar-refractivity contribution in [2.75, 3.05) is 46.1 Å². The molecule has 1 N–H and O–H groups in total. The Morgan fingerprint density at radius 3 is 2.68 bits per heavy atom. The van der Waals surface area contributed by atoms with Gasteiger partial charge in [0.25, 0.3) is 0 Å². The minimum absolute atomic E-state index is 0.00688. The number of fused-ring (bicyclic) bond motifs is 1. The van der Waals surface area contributed by atoms with Crippen molar-refractivity contribution in [2.45, 2.75) is 39.2 Å². The van der Waals surface area contributed by atoms with Gasteiger partial charge in [-0.1, -0.05) is 25.4 Å². The number of carbonyl (C=O) groups excluding carboxylic acids is 1. The van der Waals surface area contributed by atoms with Crippen LogP contribution < -0.4 is 14.8 Å². The third-order valence-corrected chi connectivity index (χ3v) is 5.35. The number of nitrogens with one attached hydrogen (secondary N) is 1. The highest BCUT2D eigenvalue weighted by Gasteiger charge is 2.23. The number of morpholine rings is 1. The molecule has 0 saturated carbocycles. The van der Waals surface area contributed by atoms with E-state index in [0.29, 0.717) is 48.2 Å². The number of nitrogens with zero attached hydrogens (tertiary/aromatic N) is 1. The van der Waals surface area contributed by atoms with Crippen molar-refractivity contribution in [1.29, 1.82) is 0 Å². The van der Waals surface area contributed by atoms with Gasteiger partial charge in [0.1, 0.15) is 0 Å². The second-order valence-electron chi connectivity index (χ2n) is 7.87. The topological polar surface area (TPSA) is 60.0 Å². The summed E-state index contributed by atoms with van der Waals surface area (Å²) in [6.07, 6.45) is 2.14. The van der Waals surface area contributed by atoms with E-state index in [2.05, 4.69) is 24.1 Å². The molecule has 1 amide bonds. The Morgan fingerprint density at radius 2 is 1.93 bits per heavy atom. The van der Waals surface area contributed by atoms with Crippen LogP contribution in [0.15, 0.2) is 12.1 Å². The van der Waals surface area contributed by atoms with E-state index in [1.54, 1.807) is 6.07 Å². The van der Waals surface area contributed by atoms with Crippen LogP contribution in [0.2, 0.25) is 5.02 Å². The maximum atomic E-state index is 12.6. The molecule has 0 radical (unpaired) electrons. The monoisotopic (exact) mass is 410 g/mol. The summed E-state index contributed by atoms with van der Waals surface area (Å²) in [5.74, 6) is 1.77. The van der Waals surface area contributed by atoms with Crippen molar-refractivity contribution in [3.8, 4) is 11.5 Å². The van der Waals surface area contributed by atoms with Crippen LogP contribution >= 0.6 is 11.6 Å². The van der Waals surface area contributed by atoms with Crippen molar-refractivity contribution in [3.63, 3.8) is 0 Å². The predicted molar refractivity (Wildman–Crippen MR) is 109 cm³/mol. The number of hydrogen-bond acceptors (Lipinski definition) is 5. The van der Waals surface area contributed by atoms with Crippen molar-refractivity contribution < 1.29 is 19.0 Å². The molecule has 1 aromatic rings. The molecule has 6 nitrogen and oxygen atoms in total. The first-order valence-corrected chi connectivity index (χ1v) is 10.6. The van der Waals surface area contributed by atoms with Gasteiger partial charge in [0.2, 0.25) is 5.91 Å². The molecule has 0 aromatic heterocycles. The predicted octanol–water partition coefficient (Wildman–Crippen LogP) is 2.91. The van der Waals surface area contributed by atoms with Crippen LogP contribution in [0.4, 0.5) is 0 Å². The highest BCUT2D eigenvalue weighted by Crippen LogP contribution is 2.38. The van der Waals surface area contributed by atoms with Crippen molar-refractivity contribution in [2.24, 2.45) is 5.92 Å². The van der Waals surface area contributed by atoms with Gasteiger partial charge in [-0.3, -0.25) is 9.69 Å². The van der Waals surface area contributed by atoms with Crippen molar-refractivity contribution >= 4 is 17.5 Å². The fraction of sp³-hybridized carbons (Fsp3) is 0.667. The molecule has 1 atom stereocenters. The molecule has 0 bridgehead atoms. The highest BCUT2D eigenvalue weighted by molar-refractivity contribution is 6.32. The molecule has 0 spiro atoms. The minimum Gasteiger partial charge on any atom is -0.489 e. The van der Waals surface area contributed by atoms with E-state index in [9.17, 15) is 4.79 Å². The molecule has 1 fully saturated rings. The second kappa shape index (κ2) is 10.3. The van der Waals surface area contributed by atoms with Crippen LogP contribution in [0.25, 0.3) is 0 Å². The van der Waals surface area contributed by atoms with Gasteiger partial charge in [-0.25, -0.2) is 0 Å². The normalized spacial score (nSPS) is 18.6. The Bertz CT molecular complexity index is 662. The number of halogens is 1. The first-order valence-electron chi connectivity index (χ1n) is 10.2. The van der Waals surface area contributed by atoms with Crippen LogP contribution in [0.5, 0.6) is 11.5 Å². The smallest absolute Gasteiger partial charge is 0.224 e. The molecule has 1 saturated heterocycles. The molecule has 2 heterocycles. The molecule has 3 rings (SSSR count). The third-order valence-electron chi connectivity index (χ3n) is 5.07. The van der Waals surface area contributed by atoms with E-state index in [1.165, 1.54) is 0 Å². The van der Waals surface area contributed by atoms with Crippen LogP contribution in [0, 0.1) is 5.92 Å². The lowest BCUT2D eigenvalue weighted by molar-refractivity contribution is -0.120. The van der Waals surface area contributed by atoms with Gasteiger partial charge in [-0.15, -0.1) is 0 Å². The SMILES string of the molecule is CC(C)C[C@@H](CNC(=O)Cc1cc(Cl)c2c(c1)OCCCO2)N1CCOCC1. The molecule has 1 aromatic carbocycles. The largest absolute Gasteiger partial charge is 0.489 e. The first-order chi connectivity index (χ1) is 13.5. The van der Waals surface area contributed by atoms with Gasteiger partial charge < -0.3 is 19.5 Å². The first kappa shape index (κ1) is 21.2. The van der Waals surface area contributed by atoms with E-state index < -0.39 is 0 Å². The van der Waals surface area contributed by atoms with Gasteiger partial charge in [0.05, 0.1) is 37.9 Å². The maximum absolute atomic E-state index is 12.6. The maximum Gasteiger partial charge on any atom is 0.224 e.